The number of hydrogen-bond acceptors (Lipinski definition) is 5. The van der Waals surface area contributed by atoms with Crippen molar-refractivity contribution in [2.45, 2.75) is 4.90 Å². The van der Waals surface area contributed by atoms with Crippen LogP contribution in [0.1, 0.15) is 0 Å². The molecular formula is C9H12O5S. The molecule has 1 aromatic carbocycles. The second kappa shape index (κ2) is 4.50. The first-order chi connectivity index (χ1) is 7.05. The summed E-state index contributed by atoms with van der Waals surface area (Å²) in [5.74, 6) is 0.707. The van der Waals surface area contributed by atoms with Gasteiger partial charge in [0.2, 0.25) is 0 Å². The van der Waals surface area contributed by atoms with Crippen LogP contribution in [0.2, 0.25) is 0 Å². The molecule has 0 aromatic heterocycles. The average molecular weight is 232 g/mol. The molecule has 0 saturated carbocycles. The standard InChI is InChI=1S/C9H12O5S/c1-12-7-4-5-9(8(6-7)13-2)15(10,11)14-3/h4-6H,1-3H3. The molecule has 0 saturated heterocycles. The summed E-state index contributed by atoms with van der Waals surface area (Å²) >= 11 is 0. The molecule has 0 radical (unpaired) electrons. The minimum absolute atomic E-state index is 0.0201. The maximum absolute atomic E-state index is 11.4. The molecule has 1 rings (SSSR count). The van der Waals surface area contributed by atoms with Gasteiger partial charge in [-0.1, -0.05) is 0 Å². The largest absolute Gasteiger partial charge is 0.497 e. The van der Waals surface area contributed by atoms with E-state index >= 15 is 0 Å². The van der Waals surface area contributed by atoms with Crippen LogP contribution in [0, 0.1) is 0 Å². The van der Waals surface area contributed by atoms with Gasteiger partial charge in [-0.25, -0.2) is 0 Å². The summed E-state index contributed by atoms with van der Waals surface area (Å²) in [5, 5.41) is 0. The van der Waals surface area contributed by atoms with Crippen molar-refractivity contribution >= 4 is 10.1 Å². The molecule has 0 aliphatic carbocycles. The molecule has 0 amide bonds. The van der Waals surface area contributed by atoms with Crippen LogP contribution < -0.4 is 9.47 Å². The predicted molar refractivity (Wildman–Crippen MR) is 53.7 cm³/mol. The Morgan fingerprint density at radius 3 is 2.20 bits per heavy atom. The van der Waals surface area contributed by atoms with Crippen molar-refractivity contribution in [2.75, 3.05) is 21.3 Å². The first-order valence-electron chi connectivity index (χ1n) is 4.08. The summed E-state index contributed by atoms with van der Waals surface area (Å²) in [6.45, 7) is 0. The summed E-state index contributed by atoms with van der Waals surface area (Å²) in [6.07, 6.45) is 0. The first-order valence-corrected chi connectivity index (χ1v) is 5.48. The van der Waals surface area contributed by atoms with Gasteiger partial charge in [0.1, 0.15) is 16.4 Å². The molecule has 0 spiro atoms. The third-order valence-corrected chi connectivity index (χ3v) is 3.17. The van der Waals surface area contributed by atoms with Crippen LogP contribution in [0.4, 0.5) is 0 Å². The smallest absolute Gasteiger partial charge is 0.300 e. The molecule has 0 bridgehead atoms. The topological polar surface area (TPSA) is 61.8 Å². The van der Waals surface area contributed by atoms with E-state index in [1.54, 1.807) is 0 Å². The van der Waals surface area contributed by atoms with Crippen molar-refractivity contribution < 1.29 is 22.1 Å². The quantitative estimate of drug-likeness (QED) is 0.726. The third kappa shape index (κ3) is 2.40. The molecule has 0 atom stereocenters. The van der Waals surface area contributed by atoms with Crippen LogP contribution in [-0.4, -0.2) is 29.7 Å². The lowest BCUT2D eigenvalue weighted by atomic mass is 10.3. The van der Waals surface area contributed by atoms with Crippen molar-refractivity contribution in [1.29, 1.82) is 0 Å². The molecule has 1 aromatic rings. The molecule has 0 fully saturated rings. The number of methoxy groups -OCH3 is 2. The zero-order chi connectivity index (χ0) is 11.5. The van der Waals surface area contributed by atoms with Crippen LogP contribution in [-0.2, 0) is 14.3 Å². The number of hydrogen-bond donors (Lipinski definition) is 0. The Bertz CT molecular complexity index is 438. The van der Waals surface area contributed by atoms with E-state index in [1.807, 2.05) is 0 Å². The van der Waals surface area contributed by atoms with Gasteiger partial charge in [-0.2, -0.15) is 8.42 Å². The maximum atomic E-state index is 11.4. The van der Waals surface area contributed by atoms with Crippen molar-refractivity contribution in [3.05, 3.63) is 18.2 Å². The molecule has 0 N–H and O–H groups in total. The van der Waals surface area contributed by atoms with Crippen molar-refractivity contribution in [3.63, 3.8) is 0 Å². The molecule has 5 nitrogen and oxygen atoms in total. The highest BCUT2D eigenvalue weighted by Crippen LogP contribution is 2.29. The second-order valence-electron chi connectivity index (χ2n) is 2.64. The van der Waals surface area contributed by atoms with E-state index in [0.29, 0.717) is 5.75 Å². The van der Waals surface area contributed by atoms with Gasteiger partial charge in [-0.15, -0.1) is 0 Å². The molecule has 0 heterocycles. The van der Waals surface area contributed by atoms with Crippen molar-refractivity contribution in [3.8, 4) is 11.5 Å². The van der Waals surface area contributed by atoms with Gasteiger partial charge in [-0.3, -0.25) is 4.18 Å². The fourth-order valence-corrected chi connectivity index (χ4v) is 1.87. The number of rotatable bonds is 4. The van der Waals surface area contributed by atoms with Crippen LogP contribution >= 0.6 is 0 Å². The molecule has 15 heavy (non-hydrogen) atoms. The van der Waals surface area contributed by atoms with E-state index < -0.39 is 10.1 Å². The Balaban J connectivity index is 3.31. The molecule has 84 valence electrons. The summed E-state index contributed by atoms with van der Waals surface area (Å²) in [4.78, 5) is -0.0201. The SMILES string of the molecule is COc1ccc(S(=O)(=O)OC)c(OC)c1. The van der Waals surface area contributed by atoms with Gasteiger partial charge >= 0.3 is 0 Å². The lowest BCUT2D eigenvalue weighted by Gasteiger charge is -2.09. The van der Waals surface area contributed by atoms with Gasteiger partial charge in [0, 0.05) is 6.07 Å². The van der Waals surface area contributed by atoms with E-state index in [0.717, 1.165) is 7.11 Å². The number of ether oxygens (including phenoxy) is 2. The van der Waals surface area contributed by atoms with Crippen LogP contribution in [0.15, 0.2) is 23.1 Å². The average Bonchev–Trinajstić information content (AvgIpc) is 2.28. The Hall–Kier alpha value is -1.27. The third-order valence-electron chi connectivity index (χ3n) is 1.86. The summed E-state index contributed by atoms with van der Waals surface area (Å²) < 4.78 is 37.1. The summed E-state index contributed by atoms with van der Waals surface area (Å²) in [7, 11) is 0.214. The highest BCUT2D eigenvalue weighted by Gasteiger charge is 2.19. The Morgan fingerprint density at radius 1 is 1.07 bits per heavy atom. The van der Waals surface area contributed by atoms with Crippen molar-refractivity contribution in [2.24, 2.45) is 0 Å². The Morgan fingerprint density at radius 2 is 1.73 bits per heavy atom. The zero-order valence-corrected chi connectivity index (χ0v) is 9.50. The fraction of sp³-hybridized carbons (Fsp3) is 0.333. The predicted octanol–water partition coefficient (Wildman–Crippen LogP) is 1.04. The lowest BCUT2D eigenvalue weighted by molar-refractivity contribution is 0.371. The number of benzene rings is 1. The molecular weight excluding hydrogens is 220 g/mol. The van der Waals surface area contributed by atoms with E-state index in [2.05, 4.69) is 4.18 Å². The zero-order valence-electron chi connectivity index (χ0n) is 8.68. The summed E-state index contributed by atoms with van der Waals surface area (Å²) in [6, 6.07) is 4.37. The molecule has 0 unspecified atom stereocenters. The molecule has 0 aliphatic heterocycles. The highest BCUT2D eigenvalue weighted by molar-refractivity contribution is 7.86. The minimum atomic E-state index is -3.75. The highest BCUT2D eigenvalue weighted by atomic mass is 32.2. The van der Waals surface area contributed by atoms with Gasteiger partial charge in [0.15, 0.2) is 0 Å². The van der Waals surface area contributed by atoms with Crippen LogP contribution in [0.3, 0.4) is 0 Å². The lowest BCUT2D eigenvalue weighted by Crippen LogP contribution is -2.05. The van der Waals surface area contributed by atoms with Crippen molar-refractivity contribution in [1.82, 2.24) is 0 Å². The fourth-order valence-electron chi connectivity index (χ4n) is 1.07. The summed E-state index contributed by atoms with van der Waals surface area (Å²) in [5.41, 5.74) is 0. The molecule has 0 aliphatic rings. The van der Waals surface area contributed by atoms with Gasteiger partial charge < -0.3 is 9.47 Å². The van der Waals surface area contributed by atoms with E-state index in [4.69, 9.17) is 9.47 Å². The Labute approximate surface area is 88.7 Å². The van der Waals surface area contributed by atoms with Gasteiger partial charge in [0.05, 0.1) is 21.3 Å². The molecule has 6 heteroatoms. The normalized spacial score (nSPS) is 11.1. The maximum Gasteiger partial charge on any atom is 0.300 e. The van der Waals surface area contributed by atoms with E-state index in [1.165, 1.54) is 32.4 Å². The van der Waals surface area contributed by atoms with Gasteiger partial charge in [-0.05, 0) is 12.1 Å². The van der Waals surface area contributed by atoms with Crippen LogP contribution in [0.5, 0.6) is 11.5 Å². The Kier molecular flexibility index (Phi) is 3.54. The van der Waals surface area contributed by atoms with Gasteiger partial charge in [0.25, 0.3) is 10.1 Å². The monoisotopic (exact) mass is 232 g/mol. The second-order valence-corrected chi connectivity index (χ2v) is 4.32. The minimum Gasteiger partial charge on any atom is -0.497 e. The first kappa shape index (κ1) is 11.8. The van der Waals surface area contributed by atoms with E-state index in [-0.39, 0.29) is 10.6 Å². The van der Waals surface area contributed by atoms with Crippen LogP contribution in [0.25, 0.3) is 0 Å². The van der Waals surface area contributed by atoms with E-state index in [9.17, 15) is 8.42 Å².